The number of ether oxygens (including phenoxy) is 1. The number of hydrogen-bond donors (Lipinski definition) is 0. The molecule has 20 heavy (non-hydrogen) atoms. The van der Waals surface area contributed by atoms with E-state index in [-0.39, 0.29) is 29.0 Å². The average Bonchev–Trinajstić information content (AvgIpc) is 2.90. The predicted molar refractivity (Wildman–Crippen MR) is 77.9 cm³/mol. The van der Waals surface area contributed by atoms with Crippen molar-refractivity contribution in [1.29, 1.82) is 0 Å². The van der Waals surface area contributed by atoms with Gasteiger partial charge in [-0.05, 0) is 11.8 Å². The van der Waals surface area contributed by atoms with Gasteiger partial charge in [0.05, 0.1) is 18.1 Å². The minimum Gasteiger partial charge on any atom is -0.352 e. The third-order valence-corrected chi connectivity index (χ3v) is 5.18. The summed E-state index contributed by atoms with van der Waals surface area (Å²) in [5, 5.41) is 0. The number of fused-ring (bicyclic) bond motifs is 1. The fourth-order valence-electron chi connectivity index (χ4n) is 3.33. The number of rotatable bonds is 1. The summed E-state index contributed by atoms with van der Waals surface area (Å²) in [4.78, 5) is 15.0. The first kappa shape index (κ1) is 13.6. The van der Waals surface area contributed by atoms with Gasteiger partial charge < -0.3 is 9.64 Å². The summed E-state index contributed by atoms with van der Waals surface area (Å²) in [6, 6.07) is 10.3. The maximum atomic E-state index is 13.0. The summed E-state index contributed by atoms with van der Waals surface area (Å²) in [6.07, 6.45) is 0.677. The third kappa shape index (κ3) is 1.80. The molecule has 0 radical (unpaired) electrons. The topological polar surface area (TPSA) is 29.5 Å². The predicted octanol–water partition coefficient (Wildman–Crippen LogP) is 3.37. The average molecular weight is 273 g/mol. The van der Waals surface area contributed by atoms with E-state index in [1.165, 1.54) is 0 Å². The van der Waals surface area contributed by atoms with Gasteiger partial charge in [-0.2, -0.15) is 0 Å². The van der Waals surface area contributed by atoms with Gasteiger partial charge in [0.25, 0.3) is 0 Å². The zero-order chi connectivity index (χ0) is 14.5. The van der Waals surface area contributed by atoms with Crippen LogP contribution in [-0.2, 0) is 9.53 Å². The van der Waals surface area contributed by atoms with Crippen molar-refractivity contribution in [2.45, 2.75) is 46.4 Å². The van der Waals surface area contributed by atoms with E-state index in [2.05, 4.69) is 27.7 Å². The van der Waals surface area contributed by atoms with Gasteiger partial charge in [0.2, 0.25) is 5.91 Å². The number of benzene rings is 1. The molecule has 2 aliphatic heterocycles. The van der Waals surface area contributed by atoms with E-state index in [0.29, 0.717) is 6.61 Å². The molecule has 3 atom stereocenters. The van der Waals surface area contributed by atoms with Crippen LogP contribution >= 0.6 is 0 Å². The first-order chi connectivity index (χ1) is 9.34. The molecule has 1 aromatic carbocycles. The quantitative estimate of drug-likeness (QED) is 0.785. The summed E-state index contributed by atoms with van der Waals surface area (Å²) in [6.45, 7) is 9.23. The Labute approximate surface area is 120 Å². The van der Waals surface area contributed by atoms with Crippen molar-refractivity contribution in [1.82, 2.24) is 4.90 Å². The number of amides is 1. The van der Waals surface area contributed by atoms with Crippen LogP contribution in [0.1, 0.15) is 45.9 Å². The van der Waals surface area contributed by atoms with E-state index in [9.17, 15) is 4.79 Å². The van der Waals surface area contributed by atoms with Crippen molar-refractivity contribution in [2.24, 2.45) is 10.8 Å². The molecule has 0 unspecified atom stereocenters. The third-order valence-electron chi connectivity index (χ3n) is 5.18. The molecule has 0 aromatic heterocycles. The van der Waals surface area contributed by atoms with Crippen molar-refractivity contribution >= 4 is 5.91 Å². The molecular formula is C17H23NO2. The maximum Gasteiger partial charge on any atom is 0.231 e. The zero-order valence-corrected chi connectivity index (χ0v) is 12.7. The Bertz CT molecular complexity index is 520. The van der Waals surface area contributed by atoms with Gasteiger partial charge in [-0.1, -0.05) is 58.0 Å². The van der Waals surface area contributed by atoms with Crippen LogP contribution in [-0.4, -0.2) is 23.5 Å². The summed E-state index contributed by atoms with van der Waals surface area (Å²) >= 11 is 0. The lowest BCUT2D eigenvalue weighted by Crippen LogP contribution is -2.42. The van der Waals surface area contributed by atoms with E-state index in [0.717, 1.165) is 12.0 Å². The lowest BCUT2D eigenvalue weighted by molar-refractivity contribution is -0.146. The summed E-state index contributed by atoms with van der Waals surface area (Å²) in [5.74, 6) is 0.237. The molecule has 2 aliphatic rings. The molecule has 3 heteroatoms. The fourth-order valence-corrected chi connectivity index (χ4v) is 3.33. The first-order valence-electron chi connectivity index (χ1n) is 7.34. The summed E-state index contributed by atoms with van der Waals surface area (Å²) in [5.41, 5.74) is 0.742. The number of hydrogen-bond acceptors (Lipinski definition) is 2. The van der Waals surface area contributed by atoms with E-state index in [1.54, 1.807) is 0 Å². The van der Waals surface area contributed by atoms with Crippen LogP contribution in [0.5, 0.6) is 0 Å². The molecule has 0 bridgehead atoms. The molecule has 1 aromatic rings. The van der Waals surface area contributed by atoms with Gasteiger partial charge in [0.15, 0.2) is 6.23 Å². The van der Waals surface area contributed by atoms with Crippen molar-refractivity contribution in [3.05, 3.63) is 35.9 Å². The van der Waals surface area contributed by atoms with Gasteiger partial charge in [0.1, 0.15) is 0 Å². The minimum atomic E-state index is -0.297. The molecule has 2 saturated heterocycles. The van der Waals surface area contributed by atoms with Gasteiger partial charge in [-0.25, -0.2) is 0 Å². The monoisotopic (exact) mass is 273 g/mol. The van der Waals surface area contributed by atoms with Crippen LogP contribution in [0.25, 0.3) is 0 Å². The minimum absolute atomic E-state index is 0.0321. The Morgan fingerprint density at radius 1 is 1.25 bits per heavy atom. The van der Waals surface area contributed by atoms with Crippen molar-refractivity contribution < 1.29 is 9.53 Å². The van der Waals surface area contributed by atoms with Gasteiger partial charge in [0, 0.05) is 5.56 Å². The van der Waals surface area contributed by atoms with Crippen molar-refractivity contribution in [3.8, 4) is 0 Å². The van der Waals surface area contributed by atoms with Crippen LogP contribution < -0.4 is 0 Å². The lowest BCUT2D eigenvalue weighted by Gasteiger charge is -2.37. The number of carbonyl (C=O) groups excluding carboxylic acids is 1. The molecule has 0 aliphatic carbocycles. The molecular weight excluding hydrogens is 250 g/mol. The molecule has 108 valence electrons. The molecule has 3 rings (SSSR count). The Morgan fingerprint density at radius 3 is 2.50 bits per heavy atom. The van der Waals surface area contributed by atoms with Gasteiger partial charge >= 0.3 is 0 Å². The number of carbonyl (C=O) groups is 1. The second-order valence-corrected chi connectivity index (χ2v) is 7.25. The van der Waals surface area contributed by atoms with Crippen LogP contribution in [0.2, 0.25) is 0 Å². The van der Waals surface area contributed by atoms with E-state index in [4.69, 9.17) is 4.74 Å². The Morgan fingerprint density at radius 2 is 1.90 bits per heavy atom. The molecule has 2 fully saturated rings. The summed E-state index contributed by atoms with van der Waals surface area (Å²) < 4.78 is 5.89. The van der Waals surface area contributed by atoms with Crippen LogP contribution in [0, 0.1) is 10.8 Å². The Balaban J connectivity index is 1.94. The molecule has 0 saturated carbocycles. The second kappa shape index (κ2) is 4.32. The SMILES string of the molecule is CC(C)(C)[C@]1(C)C[C@H]2CO[C@H](c3ccccc3)N2C1=O. The molecule has 0 N–H and O–H groups in total. The standard InChI is InChI=1S/C17H23NO2/c1-16(2,3)17(4)10-13-11-20-14(18(13)15(17)19)12-8-6-5-7-9-12/h5-9,13-14H,10-11H2,1-4H3/t13-,14+,17+/m0/s1. The smallest absolute Gasteiger partial charge is 0.231 e. The number of nitrogens with zero attached hydrogens (tertiary/aromatic N) is 1. The van der Waals surface area contributed by atoms with E-state index < -0.39 is 0 Å². The van der Waals surface area contributed by atoms with Crippen molar-refractivity contribution in [2.75, 3.05) is 6.61 Å². The van der Waals surface area contributed by atoms with E-state index in [1.807, 2.05) is 35.2 Å². The highest BCUT2D eigenvalue weighted by atomic mass is 16.5. The highest BCUT2D eigenvalue weighted by Gasteiger charge is 2.58. The largest absolute Gasteiger partial charge is 0.352 e. The van der Waals surface area contributed by atoms with Gasteiger partial charge in [-0.3, -0.25) is 4.79 Å². The second-order valence-electron chi connectivity index (χ2n) is 7.25. The van der Waals surface area contributed by atoms with Crippen molar-refractivity contribution in [3.63, 3.8) is 0 Å². The summed E-state index contributed by atoms with van der Waals surface area (Å²) in [7, 11) is 0. The normalized spacial score (nSPS) is 33.6. The Kier molecular flexibility index (Phi) is 2.94. The molecule has 2 heterocycles. The zero-order valence-electron chi connectivity index (χ0n) is 12.7. The lowest BCUT2D eigenvalue weighted by atomic mass is 9.66. The maximum absolute atomic E-state index is 13.0. The Hall–Kier alpha value is -1.35. The van der Waals surface area contributed by atoms with Crippen LogP contribution in [0.4, 0.5) is 0 Å². The van der Waals surface area contributed by atoms with Crippen LogP contribution in [0.15, 0.2) is 30.3 Å². The highest BCUT2D eigenvalue weighted by molar-refractivity contribution is 5.86. The highest BCUT2D eigenvalue weighted by Crippen LogP contribution is 2.53. The van der Waals surface area contributed by atoms with E-state index >= 15 is 0 Å². The molecule has 0 spiro atoms. The van der Waals surface area contributed by atoms with Gasteiger partial charge in [-0.15, -0.1) is 0 Å². The first-order valence-corrected chi connectivity index (χ1v) is 7.34. The molecule has 3 nitrogen and oxygen atoms in total. The fraction of sp³-hybridized carbons (Fsp3) is 0.588. The molecule has 1 amide bonds. The van der Waals surface area contributed by atoms with Crippen LogP contribution in [0.3, 0.4) is 0 Å².